The van der Waals surface area contributed by atoms with Crippen LogP contribution in [0.5, 0.6) is 0 Å². The summed E-state index contributed by atoms with van der Waals surface area (Å²) >= 11 is 0. The van der Waals surface area contributed by atoms with Crippen molar-refractivity contribution < 1.29 is 4.79 Å². The standard InChI is InChI=1S/C16H24N4O/c1-19(13-4-8-17-9-5-13)16(21)15-3-2-12-20(15)14-6-10-18-11-7-14/h4-5,8-9,14-15,18H,2-3,6-7,10-12H2,1H3. The first-order chi connectivity index (χ1) is 10.3. The van der Waals surface area contributed by atoms with E-state index in [9.17, 15) is 4.79 Å². The molecule has 0 spiro atoms. The highest BCUT2D eigenvalue weighted by atomic mass is 16.2. The Bertz CT molecular complexity index is 472. The number of likely N-dealkylation sites (N-methyl/N-ethyl adjacent to an activating group) is 1. The maximum absolute atomic E-state index is 12.8. The molecule has 1 aromatic rings. The molecule has 3 heterocycles. The van der Waals surface area contributed by atoms with Gasteiger partial charge in [0.15, 0.2) is 0 Å². The molecule has 1 unspecified atom stereocenters. The van der Waals surface area contributed by atoms with Gasteiger partial charge in [0, 0.05) is 31.2 Å². The second-order valence-corrected chi connectivity index (χ2v) is 5.98. The maximum atomic E-state index is 12.8. The van der Waals surface area contributed by atoms with Crippen LogP contribution in [0, 0.1) is 0 Å². The van der Waals surface area contributed by atoms with Crippen LogP contribution in [0.25, 0.3) is 0 Å². The van der Waals surface area contributed by atoms with Crippen LogP contribution < -0.4 is 10.2 Å². The highest BCUT2D eigenvalue weighted by Gasteiger charge is 2.37. The van der Waals surface area contributed by atoms with Gasteiger partial charge in [-0.05, 0) is 57.5 Å². The Kier molecular flexibility index (Phi) is 4.51. The first-order valence-electron chi connectivity index (χ1n) is 7.91. The highest BCUT2D eigenvalue weighted by Crippen LogP contribution is 2.26. The third kappa shape index (κ3) is 3.09. The number of amides is 1. The lowest BCUT2D eigenvalue weighted by molar-refractivity contribution is -0.123. The van der Waals surface area contributed by atoms with Crippen LogP contribution in [0.1, 0.15) is 25.7 Å². The molecular formula is C16H24N4O. The molecule has 1 atom stereocenters. The number of carbonyl (C=O) groups excluding carboxylic acids is 1. The number of nitrogens with one attached hydrogen (secondary N) is 1. The van der Waals surface area contributed by atoms with E-state index in [1.807, 2.05) is 19.2 Å². The fraction of sp³-hybridized carbons (Fsp3) is 0.625. The Morgan fingerprint density at radius 2 is 2.00 bits per heavy atom. The smallest absolute Gasteiger partial charge is 0.244 e. The second-order valence-electron chi connectivity index (χ2n) is 5.98. The fourth-order valence-electron chi connectivity index (χ4n) is 3.55. The molecule has 0 bridgehead atoms. The number of rotatable bonds is 3. The summed E-state index contributed by atoms with van der Waals surface area (Å²) in [4.78, 5) is 21.1. The predicted molar refractivity (Wildman–Crippen MR) is 83.3 cm³/mol. The molecule has 0 aromatic carbocycles. The van der Waals surface area contributed by atoms with Crippen LogP contribution in [-0.4, -0.2) is 54.6 Å². The van der Waals surface area contributed by atoms with Gasteiger partial charge in [0.25, 0.3) is 0 Å². The summed E-state index contributed by atoms with van der Waals surface area (Å²) < 4.78 is 0. The van der Waals surface area contributed by atoms with Gasteiger partial charge in [-0.2, -0.15) is 0 Å². The lowest BCUT2D eigenvalue weighted by Crippen LogP contribution is -2.51. The van der Waals surface area contributed by atoms with Crippen molar-refractivity contribution in [2.45, 2.75) is 37.8 Å². The van der Waals surface area contributed by atoms with Crippen LogP contribution in [0.2, 0.25) is 0 Å². The number of pyridine rings is 1. The number of hydrogen-bond acceptors (Lipinski definition) is 4. The fourth-order valence-corrected chi connectivity index (χ4v) is 3.55. The molecule has 21 heavy (non-hydrogen) atoms. The van der Waals surface area contributed by atoms with E-state index in [2.05, 4.69) is 15.2 Å². The molecule has 3 rings (SSSR count). The molecule has 1 aromatic heterocycles. The molecule has 0 radical (unpaired) electrons. The van der Waals surface area contributed by atoms with Crippen molar-refractivity contribution in [1.82, 2.24) is 15.2 Å². The van der Waals surface area contributed by atoms with E-state index in [1.165, 1.54) is 0 Å². The summed E-state index contributed by atoms with van der Waals surface area (Å²) in [7, 11) is 1.87. The topological polar surface area (TPSA) is 48.5 Å². The minimum absolute atomic E-state index is 0.0475. The maximum Gasteiger partial charge on any atom is 0.244 e. The largest absolute Gasteiger partial charge is 0.317 e. The molecule has 1 amide bonds. The Morgan fingerprint density at radius 1 is 1.29 bits per heavy atom. The average molecular weight is 288 g/mol. The molecule has 2 fully saturated rings. The van der Waals surface area contributed by atoms with Gasteiger partial charge in [0.2, 0.25) is 5.91 Å². The van der Waals surface area contributed by atoms with Crippen molar-refractivity contribution >= 4 is 11.6 Å². The van der Waals surface area contributed by atoms with E-state index in [4.69, 9.17) is 0 Å². The normalized spacial score (nSPS) is 24.1. The van der Waals surface area contributed by atoms with Crippen LogP contribution in [0.15, 0.2) is 24.5 Å². The number of nitrogens with zero attached hydrogens (tertiary/aromatic N) is 3. The SMILES string of the molecule is CN(C(=O)C1CCCN1C1CCNCC1)c1ccncc1. The molecule has 2 aliphatic heterocycles. The van der Waals surface area contributed by atoms with E-state index in [-0.39, 0.29) is 11.9 Å². The van der Waals surface area contributed by atoms with E-state index >= 15 is 0 Å². The van der Waals surface area contributed by atoms with Crippen molar-refractivity contribution in [3.8, 4) is 0 Å². The van der Waals surface area contributed by atoms with Crippen molar-refractivity contribution in [1.29, 1.82) is 0 Å². The molecule has 0 aliphatic carbocycles. The Balaban J connectivity index is 1.70. The zero-order valence-electron chi connectivity index (χ0n) is 12.7. The zero-order valence-corrected chi connectivity index (χ0v) is 12.7. The van der Waals surface area contributed by atoms with Gasteiger partial charge < -0.3 is 10.2 Å². The van der Waals surface area contributed by atoms with Crippen LogP contribution in [0.4, 0.5) is 5.69 Å². The van der Waals surface area contributed by atoms with Gasteiger partial charge in [0.05, 0.1) is 6.04 Å². The van der Waals surface area contributed by atoms with Gasteiger partial charge in [-0.1, -0.05) is 0 Å². The van der Waals surface area contributed by atoms with E-state index in [1.54, 1.807) is 17.3 Å². The quantitative estimate of drug-likeness (QED) is 0.910. The van der Waals surface area contributed by atoms with Gasteiger partial charge >= 0.3 is 0 Å². The van der Waals surface area contributed by atoms with Crippen LogP contribution in [-0.2, 0) is 4.79 Å². The van der Waals surface area contributed by atoms with Crippen molar-refractivity contribution in [3.05, 3.63) is 24.5 Å². The van der Waals surface area contributed by atoms with Gasteiger partial charge in [-0.25, -0.2) is 0 Å². The molecule has 114 valence electrons. The number of piperidine rings is 1. The first-order valence-corrected chi connectivity index (χ1v) is 7.91. The number of aromatic nitrogens is 1. The molecule has 5 heteroatoms. The average Bonchev–Trinajstić information content (AvgIpc) is 3.04. The summed E-state index contributed by atoms with van der Waals surface area (Å²) in [5, 5.41) is 3.40. The van der Waals surface area contributed by atoms with E-state index in [0.717, 1.165) is 51.0 Å². The van der Waals surface area contributed by atoms with Crippen molar-refractivity contribution in [2.75, 3.05) is 31.6 Å². The van der Waals surface area contributed by atoms with Crippen LogP contribution in [0.3, 0.4) is 0 Å². The van der Waals surface area contributed by atoms with Gasteiger partial charge in [0.1, 0.15) is 0 Å². The Morgan fingerprint density at radius 3 is 2.71 bits per heavy atom. The molecule has 2 saturated heterocycles. The number of likely N-dealkylation sites (tertiary alicyclic amines) is 1. The summed E-state index contributed by atoms with van der Waals surface area (Å²) in [6, 6.07) is 4.39. The molecular weight excluding hydrogens is 264 g/mol. The Labute approximate surface area is 126 Å². The second kappa shape index (κ2) is 6.54. The molecule has 1 N–H and O–H groups in total. The molecule has 0 saturated carbocycles. The number of hydrogen-bond donors (Lipinski definition) is 1. The monoisotopic (exact) mass is 288 g/mol. The van der Waals surface area contributed by atoms with Crippen molar-refractivity contribution in [2.24, 2.45) is 0 Å². The minimum Gasteiger partial charge on any atom is -0.317 e. The molecule has 5 nitrogen and oxygen atoms in total. The van der Waals surface area contributed by atoms with E-state index < -0.39 is 0 Å². The lowest BCUT2D eigenvalue weighted by Gasteiger charge is -2.36. The van der Waals surface area contributed by atoms with Crippen molar-refractivity contribution in [3.63, 3.8) is 0 Å². The predicted octanol–water partition coefficient (Wildman–Crippen LogP) is 1.26. The van der Waals surface area contributed by atoms with Gasteiger partial charge in [-0.15, -0.1) is 0 Å². The summed E-state index contributed by atoms with van der Waals surface area (Å²) in [5.74, 6) is 0.220. The summed E-state index contributed by atoms with van der Waals surface area (Å²) in [5.41, 5.74) is 0.923. The molecule has 2 aliphatic rings. The van der Waals surface area contributed by atoms with E-state index in [0.29, 0.717) is 6.04 Å². The lowest BCUT2D eigenvalue weighted by atomic mass is 10.0. The highest BCUT2D eigenvalue weighted by molar-refractivity contribution is 5.96. The Hall–Kier alpha value is -1.46. The summed E-state index contributed by atoms with van der Waals surface area (Å²) in [6.07, 6.45) is 7.89. The summed E-state index contributed by atoms with van der Waals surface area (Å²) in [6.45, 7) is 3.20. The third-order valence-electron chi connectivity index (χ3n) is 4.74. The third-order valence-corrected chi connectivity index (χ3v) is 4.74. The minimum atomic E-state index is 0.0475. The van der Waals surface area contributed by atoms with Gasteiger partial charge in [-0.3, -0.25) is 14.7 Å². The first kappa shape index (κ1) is 14.5. The van der Waals surface area contributed by atoms with Crippen LogP contribution >= 0.6 is 0 Å². The number of anilines is 1. The zero-order chi connectivity index (χ0) is 14.7. The number of carbonyl (C=O) groups is 1.